The molecule has 6 nitrogen and oxygen atoms in total. The fourth-order valence-corrected chi connectivity index (χ4v) is 4.46. The number of benzene rings is 1. The molecule has 1 aliphatic heterocycles. The molecular weight excluding hydrogens is 376 g/mol. The van der Waals surface area contributed by atoms with Gasteiger partial charge in [0.25, 0.3) is 5.91 Å². The molecule has 0 atom stereocenters. The number of anilines is 1. The van der Waals surface area contributed by atoms with Gasteiger partial charge in [0.1, 0.15) is 10.8 Å². The van der Waals surface area contributed by atoms with Gasteiger partial charge in [0, 0.05) is 23.5 Å². The molecule has 2 aromatic rings. The zero-order valence-corrected chi connectivity index (χ0v) is 17.4. The number of hydrogen-bond acceptors (Lipinski definition) is 6. The minimum Gasteiger partial charge on any atom is -0.494 e. The van der Waals surface area contributed by atoms with Crippen LogP contribution >= 0.6 is 11.3 Å². The van der Waals surface area contributed by atoms with Crippen LogP contribution in [-0.2, 0) is 17.7 Å². The Balaban J connectivity index is 1.77. The molecule has 0 saturated heterocycles. The molecule has 2 heterocycles. The summed E-state index contributed by atoms with van der Waals surface area (Å²) in [7, 11) is 3.41. The number of nitrogens with one attached hydrogen (secondary N) is 1. The first-order valence-electron chi connectivity index (χ1n) is 9.49. The highest BCUT2D eigenvalue weighted by molar-refractivity contribution is 7.17. The second kappa shape index (κ2) is 9.21. The smallest absolute Gasteiger partial charge is 0.341 e. The normalized spacial score (nSPS) is 13.7. The summed E-state index contributed by atoms with van der Waals surface area (Å²) in [5.74, 6) is 0.0871. The van der Waals surface area contributed by atoms with Crippen LogP contribution in [0.25, 0.3) is 0 Å². The molecule has 1 aromatic carbocycles. The lowest BCUT2D eigenvalue weighted by atomic mass is 10.0. The third-order valence-electron chi connectivity index (χ3n) is 4.75. The number of nitrogens with zero attached hydrogens (tertiary/aromatic N) is 1. The summed E-state index contributed by atoms with van der Waals surface area (Å²) in [6.45, 7) is 4.42. The summed E-state index contributed by atoms with van der Waals surface area (Å²) in [4.78, 5) is 28.4. The number of carbonyl (C=O) groups is 2. The first kappa shape index (κ1) is 20.4. The average molecular weight is 403 g/mol. The zero-order chi connectivity index (χ0) is 20.1. The van der Waals surface area contributed by atoms with E-state index < -0.39 is 5.97 Å². The second-order valence-corrected chi connectivity index (χ2v) is 7.97. The Morgan fingerprint density at radius 2 is 2.00 bits per heavy atom. The summed E-state index contributed by atoms with van der Waals surface area (Å²) < 4.78 is 10.6. The van der Waals surface area contributed by atoms with Gasteiger partial charge in [-0.3, -0.25) is 4.79 Å². The highest BCUT2D eigenvalue weighted by Gasteiger charge is 2.28. The monoisotopic (exact) mass is 402 g/mol. The van der Waals surface area contributed by atoms with Crippen LogP contribution in [0.2, 0.25) is 0 Å². The minimum atomic E-state index is -0.406. The van der Waals surface area contributed by atoms with Gasteiger partial charge in [-0.15, -0.1) is 11.3 Å². The third-order valence-corrected chi connectivity index (χ3v) is 5.88. The maximum Gasteiger partial charge on any atom is 0.341 e. The van der Waals surface area contributed by atoms with Crippen molar-refractivity contribution in [1.82, 2.24) is 4.90 Å². The predicted octanol–water partition coefficient (Wildman–Crippen LogP) is 3.95. The molecular formula is C21H26N2O4S. The van der Waals surface area contributed by atoms with Crippen molar-refractivity contribution < 1.29 is 19.1 Å². The zero-order valence-electron chi connectivity index (χ0n) is 16.5. The number of esters is 1. The van der Waals surface area contributed by atoms with E-state index in [1.807, 2.05) is 7.05 Å². The highest BCUT2D eigenvalue weighted by Crippen LogP contribution is 2.37. The van der Waals surface area contributed by atoms with E-state index in [0.29, 0.717) is 22.7 Å². The van der Waals surface area contributed by atoms with Crippen LogP contribution < -0.4 is 10.1 Å². The number of hydrogen-bond donors (Lipinski definition) is 1. The minimum absolute atomic E-state index is 0.253. The van der Waals surface area contributed by atoms with Gasteiger partial charge in [-0.05, 0) is 49.7 Å². The molecule has 7 heteroatoms. The third kappa shape index (κ3) is 4.54. The lowest BCUT2D eigenvalue weighted by Gasteiger charge is -2.22. The fourth-order valence-electron chi connectivity index (χ4n) is 3.15. The highest BCUT2D eigenvalue weighted by atomic mass is 32.1. The lowest BCUT2D eigenvalue weighted by Crippen LogP contribution is -2.26. The van der Waals surface area contributed by atoms with Gasteiger partial charge in [-0.1, -0.05) is 13.3 Å². The van der Waals surface area contributed by atoms with Crippen LogP contribution in [0.3, 0.4) is 0 Å². The van der Waals surface area contributed by atoms with Crippen molar-refractivity contribution in [3.8, 4) is 5.75 Å². The van der Waals surface area contributed by atoms with Gasteiger partial charge in [0.15, 0.2) is 0 Å². The first-order valence-corrected chi connectivity index (χ1v) is 10.3. The molecule has 1 aromatic heterocycles. The molecule has 0 bridgehead atoms. The van der Waals surface area contributed by atoms with E-state index in [1.54, 1.807) is 24.3 Å². The van der Waals surface area contributed by atoms with Crippen LogP contribution in [0.4, 0.5) is 5.00 Å². The Kier molecular flexibility index (Phi) is 6.70. The molecule has 1 amide bonds. The lowest BCUT2D eigenvalue weighted by molar-refractivity contribution is 0.0600. The van der Waals surface area contributed by atoms with Gasteiger partial charge in [-0.25, -0.2) is 4.79 Å². The fraction of sp³-hybridized carbons (Fsp3) is 0.429. The van der Waals surface area contributed by atoms with E-state index in [1.165, 1.54) is 18.4 Å². The van der Waals surface area contributed by atoms with Crippen molar-refractivity contribution in [2.75, 3.05) is 32.6 Å². The Hall–Kier alpha value is -2.38. The summed E-state index contributed by atoms with van der Waals surface area (Å²) in [6, 6.07) is 7.05. The number of fused-ring (bicyclic) bond motifs is 1. The number of carbonyl (C=O) groups excluding carboxylic acids is 2. The number of ether oxygens (including phenoxy) is 2. The summed E-state index contributed by atoms with van der Waals surface area (Å²) in [5.41, 5.74) is 2.00. The molecule has 0 unspecified atom stereocenters. The van der Waals surface area contributed by atoms with Gasteiger partial charge >= 0.3 is 5.97 Å². The number of likely N-dealkylation sites (N-methyl/N-ethyl adjacent to an activating group) is 1. The van der Waals surface area contributed by atoms with E-state index in [9.17, 15) is 9.59 Å². The van der Waals surface area contributed by atoms with E-state index in [0.717, 1.165) is 48.5 Å². The van der Waals surface area contributed by atoms with Crippen LogP contribution in [0.5, 0.6) is 5.75 Å². The molecule has 3 rings (SSSR count). The van der Waals surface area contributed by atoms with Crippen LogP contribution in [0, 0.1) is 0 Å². The molecule has 0 saturated carbocycles. The van der Waals surface area contributed by atoms with E-state index in [4.69, 9.17) is 9.47 Å². The maximum atomic E-state index is 12.7. The topological polar surface area (TPSA) is 67.9 Å². The van der Waals surface area contributed by atoms with E-state index >= 15 is 0 Å². The maximum absolute atomic E-state index is 12.7. The summed E-state index contributed by atoms with van der Waals surface area (Å²) >= 11 is 1.45. The predicted molar refractivity (Wildman–Crippen MR) is 110 cm³/mol. The van der Waals surface area contributed by atoms with Crippen molar-refractivity contribution in [2.45, 2.75) is 32.7 Å². The average Bonchev–Trinajstić information content (AvgIpc) is 3.04. The number of thiophene rings is 1. The molecule has 1 N–H and O–H groups in total. The number of unbranched alkanes of at least 4 members (excludes halogenated alkanes) is 1. The van der Waals surface area contributed by atoms with Gasteiger partial charge in [0.2, 0.25) is 0 Å². The summed E-state index contributed by atoms with van der Waals surface area (Å²) in [6.07, 6.45) is 2.84. The van der Waals surface area contributed by atoms with Crippen molar-refractivity contribution in [3.63, 3.8) is 0 Å². The van der Waals surface area contributed by atoms with Crippen molar-refractivity contribution in [1.29, 1.82) is 0 Å². The van der Waals surface area contributed by atoms with Crippen LogP contribution in [0.15, 0.2) is 24.3 Å². The van der Waals surface area contributed by atoms with Crippen molar-refractivity contribution >= 4 is 28.2 Å². The largest absolute Gasteiger partial charge is 0.494 e. The molecule has 1 aliphatic rings. The molecule has 0 fully saturated rings. The Morgan fingerprint density at radius 1 is 1.25 bits per heavy atom. The molecule has 0 radical (unpaired) electrons. The van der Waals surface area contributed by atoms with Gasteiger partial charge < -0.3 is 19.7 Å². The molecule has 0 spiro atoms. The quantitative estimate of drug-likeness (QED) is 0.561. The van der Waals surface area contributed by atoms with E-state index in [2.05, 4.69) is 17.1 Å². The van der Waals surface area contributed by atoms with Crippen molar-refractivity contribution in [3.05, 3.63) is 45.8 Å². The molecule has 28 heavy (non-hydrogen) atoms. The number of methoxy groups -OCH3 is 1. The van der Waals surface area contributed by atoms with E-state index in [-0.39, 0.29) is 5.91 Å². The SMILES string of the molecule is CCCCOc1ccc(C(=O)Nc2sc3c(c2C(=O)OC)CCN(C)C3)cc1. The number of amides is 1. The van der Waals surface area contributed by atoms with Gasteiger partial charge in [0.05, 0.1) is 19.3 Å². The molecule has 150 valence electrons. The van der Waals surface area contributed by atoms with Crippen LogP contribution in [0.1, 0.15) is 50.9 Å². The Bertz CT molecular complexity index is 845. The van der Waals surface area contributed by atoms with Crippen LogP contribution in [-0.4, -0.2) is 44.1 Å². The summed E-state index contributed by atoms with van der Waals surface area (Å²) in [5, 5.41) is 3.46. The van der Waals surface area contributed by atoms with Gasteiger partial charge in [-0.2, -0.15) is 0 Å². The standard InChI is InChI=1S/C21H26N2O4S/c1-4-5-12-27-15-8-6-14(7-9-15)19(24)22-20-18(21(25)26-3)16-10-11-23(2)13-17(16)28-20/h6-9H,4-5,10-13H2,1-3H3,(H,22,24). The Morgan fingerprint density at radius 3 is 2.68 bits per heavy atom. The second-order valence-electron chi connectivity index (χ2n) is 6.87. The van der Waals surface area contributed by atoms with Crippen molar-refractivity contribution in [2.24, 2.45) is 0 Å². The Labute approximate surface area is 169 Å². The number of rotatable bonds is 7. The molecule has 0 aliphatic carbocycles. The first-order chi connectivity index (χ1) is 13.5.